The molecule has 0 spiro atoms. The van der Waals surface area contributed by atoms with Gasteiger partial charge >= 0.3 is 11.8 Å². The fourth-order valence-corrected chi connectivity index (χ4v) is 1.86. The summed E-state index contributed by atoms with van der Waals surface area (Å²) >= 11 is 0. The first-order chi connectivity index (χ1) is 9.08. The lowest BCUT2D eigenvalue weighted by Gasteiger charge is -2.26. The van der Waals surface area contributed by atoms with Crippen molar-refractivity contribution < 1.29 is 14.0 Å². The molecule has 1 aliphatic heterocycles. The Morgan fingerprint density at radius 1 is 1.37 bits per heavy atom. The van der Waals surface area contributed by atoms with Crippen molar-refractivity contribution in [1.29, 1.82) is 0 Å². The second-order valence-corrected chi connectivity index (χ2v) is 4.47. The topological polar surface area (TPSA) is 87.5 Å². The number of hydrogen-bond acceptors (Lipinski definition) is 5. The van der Waals surface area contributed by atoms with E-state index in [1.54, 1.807) is 6.92 Å². The van der Waals surface area contributed by atoms with Crippen molar-refractivity contribution in [2.45, 2.75) is 20.4 Å². The van der Waals surface area contributed by atoms with E-state index in [1.165, 1.54) is 4.90 Å². The highest BCUT2D eigenvalue weighted by Crippen LogP contribution is 2.07. The first kappa shape index (κ1) is 13.5. The lowest BCUT2D eigenvalue weighted by molar-refractivity contribution is -0.146. The number of aryl methyl sites for hydroxylation is 2. The SMILES string of the molecule is Cc1nc(CNC(=O)C(=O)N2CCNCC2)oc1C. The molecule has 2 amide bonds. The number of piperazine rings is 1. The molecule has 0 unspecified atom stereocenters. The predicted molar refractivity (Wildman–Crippen MR) is 67.3 cm³/mol. The summed E-state index contributed by atoms with van der Waals surface area (Å²) in [7, 11) is 0. The number of nitrogens with zero attached hydrogens (tertiary/aromatic N) is 2. The summed E-state index contributed by atoms with van der Waals surface area (Å²) in [5, 5.41) is 5.65. The molecule has 2 heterocycles. The van der Waals surface area contributed by atoms with Crippen molar-refractivity contribution in [3.63, 3.8) is 0 Å². The molecule has 1 fully saturated rings. The first-order valence-electron chi connectivity index (χ1n) is 6.28. The van der Waals surface area contributed by atoms with Gasteiger partial charge in [-0.2, -0.15) is 0 Å². The van der Waals surface area contributed by atoms with Crippen LogP contribution in [0.25, 0.3) is 0 Å². The van der Waals surface area contributed by atoms with Crippen LogP contribution in [0.3, 0.4) is 0 Å². The Hall–Kier alpha value is -1.89. The molecule has 2 rings (SSSR count). The van der Waals surface area contributed by atoms with E-state index < -0.39 is 11.8 Å². The monoisotopic (exact) mass is 266 g/mol. The zero-order valence-electron chi connectivity index (χ0n) is 11.2. The van der Waals surface area contributed by atoms with Crippen molar-refractivity contribution in [1.82, 2.24) is 20.5 Å². The highest BCUT2D eigenvalue weighted by atomic mass is 16.4. The van der Waals surface area contributed by atoms with Crippen LogP contribution in [-0.2, 0) is 16.1 Å². The number of carbonyl (C=O) groups excluding carboxylic acids is 2. The zero-order valence-corrected chi connectivity index (χ0v) is 11.2. The summed E-state index contributed by atoms with van der Waals surface area (Å²) in [6.07, 6.45) is 0. The Morgan fingerprint density at radius 3 is 2.63 bits per heavy atom. The number of hydrogen-bond donors (Lipinski definition) is 2. The molecule has 2 N–H and O–H groups in total. The van der Waals surface area contributed by atoms with Gasteiger partial charge in [0.25, 0.3) is 0 Å². The quantitative estimate of drug-likeness (QED) is 0.694. The maximum Gasteiger partial charge on any atom is 0.311 e. The van der Waals surface area contributed by atoms with E-state index in [0.717, 1.165) is 24.5 Å². The molecular weight excluding hydrogens is 248 g/mol. The summed E-state index contributed by atoms with van der Waals surface area (Å²) in [4.78, 5) is 29.2. The van der Waals surface area contributed by atoms with Crippen molar-refractivity contribution in [2.24, 2.45) is 0 Å². The highest BCUT2D eigenvalue weighted by Gasteiger charge is 2.23. The molecule has 0 atom stereocenters. The van der Waals surface area contributed by atoms with Gasteiger partial charge in [-0.15, -0.1) is 0 Å². The van der Waals surface area contributed by atoms with E-state index in [4.69, 9.17) is 4.42 Å². The fraction of sp³-hybridized carbons (Fsp3) is 0.583. The minimum atomic E-state index is -0.615. The van der Waals surface area contributed by atoms with Gasteiger partial charge in [0.2, 0.25) is 5.89 Å². The van der Waals surface area contributed by atoms with Crippen LogP contribution in [0.4, 0.5) is 0 Å². The molecule has 1 saturated heterocycles. The molecule has 0 bridgehead atoms. The minimum Gasteiger partial charge on any atom is -0.444 e. The molecule has 0 radical (unpaired) electrons. The maximum atomic E-state index is 11.8. The second-order valence-electron chi connectivity index (χ2n) is 4.47. The molecule has 1 aliphatic rings. The van der Waals surface area contributed by atoms with Gasteiger partial charge in [-0.3, -0.25) is 9.59 Å². The van der Waals surface area contributed by atoms with Gasteiger partial charge in [-0.1, -0.05) is 0 Å². The zero-order chi connectivity index (χ0) is 13.8. The number of nitrogens with one attached hydrogen (secondary N) is 2. The number of oxazole rings is 1. The third-order valence-electron chi connectivity index (χ3n) is 3.07. The number of carbonyl (C=O) groups is 2. The van der Waals surface area contributed by atoms with Crippen LogP contribution in [0.2, 0.25) is 0 Å². The highest BCUT2D eigenvalue weighted by molar-refractivity contribution is 6.34. The molecule has 104 valence electrons. The molecular formula is C12H18N4O3. The van der Waals surface area contributed by atoms with Crippen LogP contribution in [0.15, 0.2) is 4.42 Å². The normalized spacial score (nSPS) is 15.4. The maximum absolute atomic E-state index is 11.8. The lowest BCUT2D eigenvalue weighted by atomic mass is 10.3. The standard InChI is InChI=1S/C12H18N4O3/c1-8-9(2)19-10(15-8)7-14-11(17)12(18)16-5-3-13-4-6-16/h13H,3-7H2,1-2H3,(H,14,17). The molecule has 7 heteroatoms. The lowest BCUT2D eigenvalue weighted by Crippen LogP contribution is -2.51. The molecule has 1 aromatic rings. The van der Waals surface area contributed by atoms with Gasteiger partial charge in [-0.25, -0.2) is 4.98 Å². The van der Waals surface area contributed by atoms with Crippen LogP contribution in [-0.4, -0.2) is 47.9 Å². The molecule has 1 aromatic heterocycles. The third kappa shape index (κ3) is 3.31. The van der Waals surface area contributed by atoms with Gasteiger partial charge in [0.05, 0.1) is 12.2 Å². The van der Waals surface area contributed by atoms with Gasteiger partial charge in [0.15, 0.2) is 0 Å². The smallest absolute Gasteiger partial charge is 0.311 e. The predicted octanol–water partition coefficient (Wildman–Crippen LogP) is -0.661. The Labute approximate surface area is 111 Å². The van der Waals surface area contributed by atoms with Crippen molar-refractivity contribution in [3.8, 4) is 0 Å². The number of amides is 2. The van der Waals surface area contributed by atoms with E-state index in [-0.39, 0.29) is 6.54 Å². The number of aromatic nitrogens is 1. The fourth-order valence-electron chi connectivity index (χ4n) is 1.86. The van der Waals surface area contributed by atoms with Gasteiger partial charge < -0.3 is 20.0 Å². The number of rotatable bonds is 2. The van der Waals surface area contributed by atoms with Crippen LogP contribution in [0.1, 0.15) is 17.3 Å². The third-order valence-corrected chi connectivity index (χ3v) is 3.07. The summed E-state index contributed by atoms with van der Waals surface area (Å²) in [5.74, 6) is 0.0195. The van der Waals surface area contributed by atoms with E-state index in [2.05, 4.69) is 15.6 Å². The first-order valence-corrected chi connectivity index (χ1v) is 6.28. The molecule has 0 aromatic carbocycles. The summed E-state index contributed by atoms with van der Waals surface area (Å²) in [5.41, 5.74) is 0.790. The summed E-state index contributed by atoms with van der Waals surface area (Å²) in [6.45, 7) is 6.32. The van der Waals surface area contributed by atoms with E-state index in [0.29, 0.717) is 19.0 Å². The van der Waals surface area contributed by atoms with Crippen LogP contribution < -0.4 is 10.6 Å². The molecule has 19 heavy (non-hydrogen) atoms. The van der Waals surface area contributed by atoms with E-state index in [9.17, 15) is 9.59 Å². The van der Waals surface area contributed by atoms with Crippen LogP contribution in [0, 0.1) is 13.8 Å². The second kappa shape index (κ2) is 5.83. The van der Waals surface area contributed by atoms with Gasteiger partial charge in [0.1, 0.15) is 5.76 Å². The Bertz CT molecular complexity index is 458. The Morgan fingerprint density at radius 2 is 2.05 bits per heavy atom. The van der Waals surface area contributed by atoms with Crippen LogP contribution >= 0.6 is 0 Å². The molecule has 7 nitrogen and oxygen atoms in total. The average Bonchev–Trinajstić information content (AvgIpc) is 2.75. The van der Waals surface area contributed by atoms with Crippen molar-refractivity contribution in [2.75, 3.05) is 26.2 Å². The van der Waals surface area contributed by atoms with Crippen molar-refractivity contribution in [3.05, 3.63) is 17.3 Å². The molecule has 0 saturated carbocycles. The van der Waals surface area contributed by atoms with Crippen LogP contribution in [0.5, 0.6) is 0 Å². The van der Waals surface area contributed by atoms with E-state index >= 15 is 0 Å². The van der Waals surface area contributed by atoms with E-state index in [1.807, 2.05) is 6.92 Å². The van der Waals surface area contributed by atoms with Crippen molar-refractivity contribution >= 4 is 11.8 Å². The summed E-state index contributed by atoms with van der Waals surface area (Å²) in [6, 6.07) is 0. The largest absolute Gasteiger partial charge is 0.444 e. The summed E-state index contributed by atoms with van der Waals surface area (Å²) < 4.78 is 5.33. The Kier molecular flexibility index (Phi) is 4.16. The Balaban J connectivity index is 1.85. The average molecular weight is 266 g/mol. The molecule has 0 aliphatic carbocycles. The van der Waals surface area contributed by atoms with Gasteiger partial charge in [-0.05, 0) is 13.8 Å². The van der Waals surface area contributed by atoms with Gasteiger partial charge in [0, 0.05) is 26.2 Å². The minimum absolute atomic E-state index is 0.130.